The third kappa shape index (κ3) is 8.91. The van der Waals surface area contributed by atoms with E-state index in [4.69, 9.17) is 20.1 Å². The van der Waals surface area contributed by atoms with Crippen molar-refractivity contribution in [3.63, 3.8) is 0 Å². The van der Waals surface area contributed by atoms with E-state index in [1.807, 2.05) is 32.9 Å². The topological polar surface area (TPSA) is 86.5 Å². The van der Waals surface area contributed by atoms with Gasteiger partial charge in [-0.25, -0.2) is 0 Å². The van der Waals surface area contributed by atoms with Crippen LogP contribution in [0.15, 0.2) is 24.3 Å². The second-order valence-corrected chi connectivity index (χ2v) is 7.37. The highest BCUT2D eigenvalue weighted by Crippen LogP contribution is 2.22. The monoisotopic (exact) mass is 321 g/mol. The number of ether oxygens (including phenoxy) is 1. The first-order chi connectivity index (χ1) is 10.4. The SMILES string of the molecule is CC(C)(C)OC(=O)[C@@H](N)Cc1ccc(C(C)(C)C)cc1.O=C=O. The Labute approximate surface area is 138 Å². The molecule has 1 atom stereocenters. The van der Waals surface area contributed by atoms with Gasteiger partial charge in [0.2, 0.25) is 0 Å². The molecule has 2 N–H and O–H groups in total. The van der Waals surface area contributed by atoms with E-state index < -0.39 is 11.6 Å². The van der Waals surface area contributed by atoms with Gasteiger partial charge in [-0.3, -0.25) is 4.79 Å². The van der Waals surface area contributed by atoms with E-state index in [9.17, 15) is 4.79 Å². The van der Waals surface area contributed by atoms with Crippen LogP contribution in [0.1, 0.15) is 52.7 Å². The third-order valence-corrected chi connectivity index (χ3v) is 2.99. The minimum absolute atomic E-state index is 0.131. The molecule has 0 aliphatic carbocycles. The molecule has 0 saturated heterocycles. The maximum Gasteiger partial charge on any atom is 0.373 e. The zero-order valence-corrected chi connectivity index (χ0v) is 14.8. The van der Waals surface area contributed by atoms with Crippen molar-refractivity contribution in [3.8, 4) is 0 Å². The molecule has 0 spiro atoms. The van der Waals surface area contributed by atoms with Crippen molar-refractivity contribution in [2.24, 2.45) is 5.73 Å². The lowest BCUT2D eigenvalue weighted by molar-refractivity contribution is -0.191. The predicted octanol–water partition coefficient (Wildman–Crippen LogP) is 2.61. The van der Waals surface area contributed by atoms with Gasteiger partial charge in [0.1, 0.15) is 11.6 Å². The standard InChI is InChI=1S/C17H27NO2.CO2/c1-16(2,3)13-9-7-12(8-10-13)11-14(18)15(19)20-17(4,5)6;2-1-3/h7-10,14H,11,18H2,1-6H3;/t14-;/m0./s1. The fourth-order valence-electron chi connectivity index (χ4n) is 1.86. The highest BCUT2D eigenvalue weighted by atomic mass is 16.6. The molecule has 1 rings (SSSR count). The molecular weight excluding hydrogens is 294 g/mol. The molecule has 0 saturated carbocycles. The second kappa shape index (κ2) is 8.61. The minimum atomic E-state index is -0.616. The van der Waals surface area contributed by atoms with Gasteiger partial charge in [-0.05, 0) is 43.7 Å². The third-order valence-electron chi connectivity index (χ3n) is 2.99. The van der Waals surface area contributed by atoms with Crippen molar-refractivity contribution in [3.05, 3.63) is 35.4 Å². The Kier molecular flexibility index (Phi) is 7.87. The molecule has 0 unspecified atom stereocenters. The molecule has 0 radical (unpaired) electrons. The van der Waals surface area contributed by atoms with Crippen LogP contribution in [0.25, 0.3) is 0 Å². The van der Waals surface area contributed by atoms with Gasteiger partial charge in [0.05, 0.1) is 0 Å². The maximum absolute atomic E-state index is 11.8. The van der Waals surface area contributed by atoms with E-state index in [1.54, 1.807) is 0 Å². The van der Waals surface area contributed by atoms with Gasteiger partial charge < -0.3 is 10.5 Å². The van der Waals surface area contributed by atoms with Crippen LogP contribution in [0.4, 0.5) is 0 Å². The first-order valence-corrected chi connectivity index (χ1v) is 7.48. The molecule has 0 aliphatic rings. The van der Waals surface area contributed by atoms with Crippen molar-refractivity contribution in [1.82, 2.24) is 0 Å². The Morgan fingerprint density at radius 2 is 1.52 bits per heavy atom. The Bertz CT molecular complexity index is 530. The summed E-state index contributed by atoms with van der Waals surface area (Å²) in [6, 6.07) is 7.64. The Balaban J connectivity index is 0.00000149. The number of hydrogen-bond acceptors (Lipinski definition) is 5. The molecule has 1 aromatic rings. The van der Waals surface area contributed by atoms with Gasteiger partial charge in [0, 0.05) is 0 Å². The largest absolute Gasteiger partial charge is 0.459 e. The number of rotatable bonds is 3. The van der Waals surface area contributed by atoms with E-state index in [0.717, 1.165) is 5.56 Å². The van der Waals surface area contributed by atoms with Crippen molar-refractivity contribution >= 4 is 12.1 Å². The summed E-state index contributed by atoms with van der Waals surface area (Å²) in [7, 11) is 0. The average Bonchev–Trinajstić information content (AvgIpc) is 2.37. The Hall–Kier alpha value is -1.97. The van der Waals surface area contributed by atoms with Gasteiger partial charge in [-0.2, -0.15) is 9.59 Å². The Morgan fingerprint density at radius 1 is 1.09 bits per heavy atom. The molecule has 23 heavy (non-hydrogen) atoms. The van der Waals surface area contributed by atoms with Crippen LogP contribution in [-0.4, -0.2) is 23.8 Å². The summed E-state index contributed by atoms with van der Waals surface area (Å²) < 4.78 is 5.29. The molecule has 0 bridgehead atoms. The second-order valence-electron chi connectivity index (χ2n) is 7.37. The molecule has 5 nitrogen and oxygen atoms in total. The summed E-state index contributed by atoms with van der Waals surface area (Å²) >= 11 is 0. The zero-order chi connectivity index (χ0) is 18.3. The molecule has 0 aliphatic heterocycles. The Morgan fingerprint density at radius 3 is 1.87 bits per heavy atom. The van der Waals surface area contributed by atoms with Crippen LogP contribution in [0, 0.1) is 0 Å². The first kappa shape index (κ1) is 21.0. The van der Waals surface area contributed by atoms with Gasteiger partial charge in [0.15, 0.2) is 0 Å². The van der Waals surface area contributed by atoms with Crippen molar-refractivity contribution < 1.29 is 19.1 Å². The summed E-state index contributed by atoms with van der Waals surface area (Å²) in [6.07, 6.45) is 0.749. The highest BCUT2D eigenvalue weighted by molar-refractivity contribution is 5.76. The van der Waals surface area contributed by atoms with Crippen LogP contribution in [0.2, 0.25) is 0 Å². The number of nitrogens with two attached hydrogens (primary N) is 1. The maximum atomic E-state index is 11.8. The van der Waals surface area contributed by atoms with Crippen LogP contribution in [0.3, 0.4) is 0 Å². The number of carbonyl (C=O) groups excluding carboxylic acids is 3. The number of hydrogen-bond donors (Lipinski definition) is 1. The smallest absolute Gasteiger partial charge is 0.373 e. The van der Waals surface area contributed by atoms with E-state index in [1.165, 1.54) is 5.56 Å². The molecule has 0 aromatic heterocycles. The normalized spacial score (nSPS) is 12.5. The fraction of sp³-hybridized carbons (Fsp3) is 0.556. The summed E-state index contributed by atoms with van der Waals surface area (Å²) in [5, 5.41) is 0. The van der Waals surface area contributed by atoms with Crippen LogP contribution in [-0.2, 0) is 31.0 Å². The van der Waals surface area contributed by atoms with E-state index in [2.05, 4.69) is 32.9 Å². The van der Waals surface area contributed by atoms with Gasteiger partial charge in [0.25, 0.3) is 0 Å². The first-order valence-electron chi connectivity index (χ1n) is 7.48. The van der Waals surface area contributed by atoms with Crippen molar-refractivity contribution in [2.75, 3.05) is 0 Å². The van der Waals surface area contributed by atoms with E-state index in [0.29, 0.717) is 6.42 Å². The van der Waals surface area contributed by atoms with Gasteiger partial charge in [-0.15, -0.1) is 0 Å². The molecule has 128 valence electrons. The van der Waals surface area contributed by atoms with Gasteiger partial charge in [-0.1, -0.05) is 45.0 Å². The fourth-order valence-corrected chi connectivity index (χ4v) is 1.86. The number of benzene rings is 1. The quantitative estimate of drug-likeness (QED) is 0.865. The molecule has 0 amide bonds. The zero-order valence-electron chi connectivity index (χ0n) is 14.8. The minimum Gasteiger partial charge on any atom is -0.459 e. The lowest BCUT2D eigenvalue weighted by atomic mass is 9.86. The van der Waals surface area contributed by atoms with E-state index >= 15 is 0 Å². The summed E-state index contributed by atoms with van der Waals surface area (Å²) in [5.74, 6) is -0.350. The molecular formula is C18H27NO4. The van der Waals surface area contributed by atoms with Crippen LogP contribution >= 0.6 is 0 Å². The summed E-state index contributed by atoms with van der Waals surface area (Å²) in [6.45, 7) is 12.1. The van der Waals surface area contributed by atoms with Crippen molar-refractivity contribution in [1.29, 1.82) is 0 Å². The van der Waals surface area contributed by atoms with E-state index in [-0.39, 0.29) is 17.5 Å². The van der Waals surface area contributed by atoms with Crippen molar-refractivity contribution in [2.45, 2.75) is 65.0 Å². The lowest BCUT2D eigenvalue weighted by Crippen LogP contribution is -2.38. The van der Waals surface area contributed by atoms with Crippen LogP contribution < -0.4 is 5.73 Å². The molecule has 0 heterocycles. The van der Waals surface area contributed by atoms with Crippen LogP contribution in [0.5, 0.6) is 0 Å². The lowest BCUT2D eigenvalue weighted by Gasteiger charge is -2.22. The number of esters is 1. The predicted molar refractivity (Wildman–Crippen MR) is 87.7 cm³/mol. The number of carbonyl (C=O) groups is 1. The molecule has 0 fully saturated rings. The summed E-state index contributed by atoms with van der Waals surface area (Å²) in [4.78, 5) is 28.1. The average molecular weight is 321 g/mol. The molecule has 1 aromatic carbocycles. The van der Waals surface area contributed by atoms with Gasteiger partial charge >= 0.3 is 12.1 Å². The summed E-state index contributed by atoms with van der Waals surface area (Å²) in [5.41, 5.74) is 7.86. The molecule has 5 heteroatoms. The highest BCUT2D eigenvalue weighted by Gasteiger charge is 2.22.